The van der Waals surface area contributed by atoms with Gasteiger partial charge in [0.2, 0.25) is 0 Å². The molecule has 1 fully saturated rings. The smallest absolute Gasteiger partial charge is 0.257 e. The number of tetrazole rings is 1. The molecule has 2 N–H and O–H groups in total. The lowest BCUT2D eigenvalue weighted by Gasteiger charge is -2.33. The molecular weight excluding hydrogens is 351 g/mol. The van der Waals surface area contributed by atoms with Gasteiger partial charge in [-0.25, -0.2) is 4.39 Å². The summed E-state index contributed by atoms with van der Waals surface area (Å²) in [5.74, 6) is -0.0309. The van der Waals surface area contributed by atoms with Crippen LogP contribution in [0.25, 0.3) is 5.82 Å². The monoisotopic (exact) mass is 370 g/mol. The maximum Gasteiger partial charge on any atom is 0.257 e. The van der Waals surface area contributed by atoms with Crippen LogP contribution in [0, 0.1) is 5.82 Å². The zero-order valence-electron chi connectivity index (χ0n) is 14.5. The number of halogens is 1. The van der Waals surface area contributed by atoms with Crippen molar-refractivity contribution < 1.29 is 9.18 Å². The number of hydrogen-bond donors (Lipinski definition) is 2. The summed E-state index contributed by atoms with van der Waals surface area (Å²) < 4.78 is 15.2. The van der Waals surface area contributed by atoms with Crippen molar-refractivity contribution in [2.45, 2.75) is 25.4 Å². The van der Waals surface area contributed by atoms with E-state index in [2.05, 4.69) is 35.9 Å². The predicted octanol–water partition coefficient (Wildman–Crippen LogP) is 0.919. The number of piperidine rings is 1. The summed E-state index contributed by atoms with van der Waals surface area (Å²) in [5, 5.41) is 20.6. The Morgan fingerprint density at radius 1 is 1.37 bits per heavy atom. The summed E-state index contributed by atoms with van der Waals surface area (Å²) in [6.07, 6.45) is 4.65. The molecular formula is C17H19FN8O. The number of benzene rings is 1. The van der Waals surface area contributed by atoms with Gasteiger partial charge in [-0.2, -0.15) is 9.78 Å². The van der Waals surface area contributed by atoms with Gasteiger partial charge in [-0.15, -0.1) is 5.10 Å². The van der Waals surface area contributed by atoms with Gasteiger partial charge in [0.15, 0.2) is 5.82 Å². The van der Waals surface area contributed by atoms with Crippen molar-refractivity contribution in [3.63, 3.8) is 0 Å². The molecule has 1 aromatic carbocycles. The van der Waals surface area contributed by atoms with Crippen molar-refractivity contribution in [3.8, 4) is 5.82 Å². The van der Waals surface area contributed by atoms with Crippen LogP contribution in [0.2, 0.25) is 0 Å². The van der Waals surface area contributed by atoms with E-state index in [1.165, 1.54) is 23.3 Å². The van der Waals surface area contributed by atoms with Gasteiger partial charge in [-0.1, -0.05) is 18.2 Å². The Balaban J connectivity index is 1.40. The maximum atomic E-state index is 13.9. The van der Waals surface area contributed by atoms with E-state index in [0.717, 1.165) is 19.4 Å². The SMILES string of the molecule is O=C(N[C@H]1CCCN(Cc2ccccc2F)C1)c1cn[nH]c1-n1cnnn1. The largest absolute Gasteiger partial charge is 0.348 e. The van der Waals surface area contributed by atoms with Crippen LogP contribution in [-0.4, -0.2) is 60.3 Å². The fourth-order valence-electron chi connectivity index (χ4n) is 3.33. The number of nitrogens with zero attached hydrogens (tertiary/aromatic N) is 6. The third-order valence-electron chi connectivity index (χ3n) is 4.63. The topological polar surface area (TPSA) is 105 Å². The first-order chi connectivity index (χ1) is 13.2. The van der Waals surface area contributed by atoms with Gasteiger partial charge in [0.05, 0.1) is 6.20 Å². The van der Waals surface area contributed by atoms with Crippen molar-refractivity contribution in [2.24, 2.45) is 0 Å². The number of nitrogens with one attached hydrogen (secondary N) is 2. The Labute approximate surface area is 154 Å². The molecule has 1 aliphatic rings. The lowest BCUT2D eigenvalue weighted by Crippen LogP contribution is -2.47. The van der Waals surface area contributed by atoms with E-state index in [1.807, 2.05) is 6.07 Å². The Hall–Kier alpha value is -3.14. The second kappa shape index (κ2) is 7.62. The number of H-pyrrole nitrogens is 1. The van der Waals surface area contributed by atoms with Gasteiger partial charge in [0, 0.05) is 24.7 Å². The second-order valence-corrected chi connectivity index (χ2v) is 6.53. The van der Waals surface area contributed by atoms with E-state index < -0.39 is 0 Å². The fraction of sp³-hybridized carbons (Fsp3) is 0.353. The molecule has 27 heavy (non-hydrogen) atoms. The van der Waals surface area contributed by atoms with E-state index in [4.69, 9.17) is 0 Å². The van der Waals surface area contributed by atoms with E-state index >= 15 is 0 Å². The van der Waals surface area contributed by atoms with E-state index in [-0.39, 0.29) is 17.8 Å². The Bertz CT molecular complexity index is 909. The van der Waals surface area contributed by atoms with Gasteiger partial charge < -0.3 is 5.32 Å². The van der Waals surface area contributed by atoms with Crippen molar-refractivity contribution in [2.75, 3.05) is 13.1 Å². The van der Waals surface area contributed by atoms with Gasteiger partial charge in [-0.3, -0.25) is 14.8 Å². The van der Waals surface area contributed by atoms with Crippen molar-refractivity contribution in [1.82, 2.24) is 40.6 Å². The Kier molecular flexibility index (Phi) is 4.88. The normalized spacial score (nSPS) is 17.7. The number of aromatic nitrogens is 6. The van der Waals surface area contributed by atoms with Gasteiger partial charge >= 0.3 is 0 Å². The first-order valence-corrected chi connectivity index (χ1v) is 8.74. The lowest BCUT2D eigenvalue weighted by molar-refractivity contribution is 0.0900. The molecule has 1 aliphatic heterocycles. The zero-order chi connectivity index (χ0) is 18.6. The number of rotatable bonds is 5. The number of carbonyl (C=O) groups excluding carboxylic acids is 1. The molecule has 2 aromatic heterocycles. The molecule has 0 spiro atoms. The van der Waals surface area contributed by atoms with Crippen LogP contribution in [0.1, 0.15) is 28.8 Å². The standard InChI is InChI=1S/C17H19FN8O/c18-15-6-2-1-4-12(15)9-25-7-3-5-13(10-25)21-17(27)14-8-19-22-16(14)26-11-20-23-24-26/h1-2,4,6,8,11,13H,3,5,7,9-10H2,(H,19,22)(H,21,27)/t13-/m0/s1. The van der Waals surface area contributed by atoms with Crippen LogP contribution in [0.15, 0.2) is 36.8 Å². The minimum atomic E-state index is -0.244. The van der Waals surface area contributed by atoms with Crippen LogP contribution in [0.5, 0.6) is 0 Å². The molecule has 4 rings (SSSR count). The van der Waals surface area contributed by atoms with Crippen LogP contribution in [-0.2, 0) is 6.54 Å². The first kappa shape index (κ1) is 17.3. The van der Waals surface area contributed by atoms with Crippen LogP contribution < -0.4 is 5.32 Å². The highest BCUT2D eigenvalue weighted by Crippen LogP contribution is 2.17. The molecule has 9 nitrogen and oxygen atoms in total. The second-order valence-electron chi connectivity index (χ2n) is 6.53. The average Bonchev–Trinajstić information content (AvgIpc) is 3.35. The minimum absolute atomic E-state index is 0.0188. The van der Waals surface area contributed by atoms with Crippen molar-refractivity contribution >= 4 is 5.91 Å². The highest BCUT2D eigenvalue weighted by molar-refractivity contribution is 5.97. The number of likely N-dealkylation sites (tertiary alicyclic amines) is 1. The summed E-state index contributed by atoms with van der Waals surface area (Å²) in [6, 6.07) is 6.76. The van der Waals surface area contributed by atoms with Gasteiger partial charge in [0.25, 0.3) is 5.91 Å². The molecule has 140 valence electrons. The third kappa shape index (κ3) is 3.85. The van der Waals surface area contributed by atoms with E-state index in [9.17, 15) is 9.18 Å². The number of aromatic amines is 1. The third-order valence-corrected chi connectivity index (χ3v) is 4.63. The molecule has 0 unspecified atom stereocenters. The Morgan fingerprint density at radius 2 is 2.26 bits per heavy atom. The number of amides is 1. The van der Waals surface area contributed by atoms with E-state index in [0.29, 0.717) is 30.0 Å². The number of carbonyl (C=O) groups is 1. The fourth-order valence-corrected chi connectivity index (χ4v) is 3.33. The van der Waals surface area contributed by atoms with Crippen LogP contribution in [0.3, 0.4) is 0 Å². The van der Waals surface area contributed by atoms with Gasteiger partial charge in [0.1, 0.15) is 17.7 Å². The van der Waals surface area contributed by atoms with E-state index in [1.54, 1.807) is 12.1 Å². The first-order valence-electron chi connectivity index (χ1n) is 8.74. The summed E-state index contributed by atoms with van der Waals surface area (Å²) in [6.45, 7) is 2.07. The average molecular weight is 370 g/mol. The van der Waals surface area contributed by atoms with Gasteiger partial charge in [-0.05, 0) is 35.9 Å². The van der Waals surface area contributed by atoms with Crippen molar-refractivity contribution in [1.29, 1.82) is 0 Å². The molecule has 10 heteroatoms. The molecule has 0 radical (unpaired) electrons. The van der Waals surface area contributed by atoms with Crippen LogP contribution in [0.4, 0.5) is 4.39 Å². The molecule has 1 atom stereocenters. The molecule has 0 bridgehead atoms. The molecule has 3 aromatic rings. The molecule has 0 saturated carbocycles. The zero-order valence-corrected chi connectivity index (χ0v) is 14.5. The molecule has 1 amide bonds. The summed E-state index contributed by atoms with van der Waals surface area (Å²) in [5.41, 5.74) is 1.04. The summed E-state index contributed by atoms with van der Waals surface area (Å²) in [7, 11) is 0. The quantitative estimate of drug-likeness (QED) is 0.692. The predicted molar refractivity (Wildman–Crippen MR) is 93.5 cm³/mol. The lowest BCUT2D eigenvalue weighted by atomic mass is 10.0. The number of hydrogen-bond acceptors (Lipinski definition) is 6. The van der Waals surface area contributed by atoms with Crippen LogP contribution >= 0.6 is 0 Å². The highest BCUT2D eigenvalue weighted by Gasteiger charge is 2.24. The van der Waals surface area contributed by atoms with Crippen molar-refractivity contribution in [3.05, 3.63) is 53.7 Å². The maximum absolute atomic E-state index is 13.9. The molecule has 1 saturated heterocycles. The summed E-state index contributed by atoms with van der Waals surface area (Å²) >= 11 is 0. The molecule has 3 heterocycles. The molecule has 0 aliphatic carbocycles. The summed E-state index contributed by atoms with van der Waals surface area (Å²) in [4.78, 5) is 14.8. The minimum Gasteiger partial charge on any atom is -0.348 e. The Morgan fingerprint density at radius 3 is 3.07 bits per heavy atom. The highest BCUT2D eigenvalue weighted by atomic mass is 19.1.